The summed E-state index contributed by atoms with van der Waals surface area (Å²) in [4.78, 5) is 28.2. The Hall–Kier alpha value is -3.75. The van der Waals surface area contributed by atoms with Crippen LogP contribution in [-0.4, -0.2) is 52.9 Å². The maximum atomic E-state index is 14.0. The number of imidazole rings is 1. The highest BCUT2D eigenvalue weighted by molar-refractivity contribution is 6.11. The molecule has 0 spiro atoms. The third-order valence-corrected chi connectivity index (χ3v) is 5.10. The van der Waals surface area contributed by atoms with Crippen LogP contribution in [0, 0.1) is 11.6 Å². The number of para-hydroxylation sites is 2. The zero-order valence-electron chi connectivity index (χ0n) is 15.8. The van der Waals surface area contributed by atoms with Gasteiger partial charge in [-0.3, -0.25) is 0 Å². The van der Waals surface area contributed by atoms with Gasteiger partial charge in [-0.15, -0.1) is 0 Å². The number of rotatable bonds is 3. The Kier molecular flexibility index (Phi) is 4.42. The van der Waals surface area contributed by atoms with E-state index >= 15 is 0 Å². The number of carbonyl (C=O) groups excluding carboxylic acids is 1. The molecule has 2 aliphatic rings. The predicted octanol–water partition coefficient (Wildman–Crippen LogP) is 2.81. The molecule has 2 aliphatic heterocycles. The number of carbonyl (C=O) groups is 1. The number of esters is 1. The molecule has 0 aliphatic carbocycles. The summed E-state index contributed by atoms with van der Waals surface area (Å²) in [5, 5.41) is 0. The number of halogens is 2. The van der Waals surface area contributed by atoms with Gasteiger partial charge < -0.3 is 19.5 Å². The summed E-state index contributed by atoms with van der Waals surface area (Å²) in [6.45, 7) is 2.70. The van der Waals surface area contributed by atoms with E-state index < -0.39 is 17.6 Å². The molecule has 1 fully saturated rings. The van der Waals surface area contributed by atoms with Crippen molar-refractivity contribution in [3.8, 4) is 0 Å². The second kappa shape index (κ2) is 7.25. The van der Waals surface area contributed by atoms with Crippen molar-refractivity contribution in [1.29, 1.82) is 0 Å². The molecule has 0 unspecified atom stereocenters. The first-order valence-electron chi connectivity index (χ1n) is 9.49. The monoisotopic (exact) mass is 409 g/mol. The smallest absolute Gasteiger partial charge is 0.365 e. The molecule has 152 valence electrons. The average molecular weight is 409 g/mol. The van der Waals surface area contributed by atoms with E-state index in [4.69, 9.17) is 4.74 Å². The van der Waals surface area contributed by atoms with Gasteiger partial charge in [-0.2, -0.15) is 0 Å². The first-order chi connectivity index (χ1) is 14.6. The van der Waals surface area contributed by atoms with Crippen molar-refractivity contribution in [2.45, 2.75) is 0 Å². The van der Waals surface area contributed by atoms with Crippen molar-refractivity contribution in [3.63, 3.8) is 0 Å². The number of H-pyrrole nitrogens is 1. The molecule has 1 N–H and O–H groups in total. The molecule has 5 rings (SSSR count). The van der Waals surface area contributed by atoms with Crippen LogP contribution in [0.5, 0.6) is 0 Å². The van der Waals surface area contributed by atoms with Gasteiger partial charge in [0.15, 0.2) is 17.3 Å². The van der Waals surface area contributed by atoms with Crippen LogP contribution >= 0.6 is 0 Å². The van der Waals surface area contributed by atoms with Crippen LogP contribution in [0.25, 0.3) is 11.0 Å². The summed E-state index contributed by atoms with van der Waals surface area (Å²) in [5.74, 6) is -2.22. The van der Waals surface area contributed by atoms with Crippen LogP contribution in [0.1, 0.15) is 5.56 Å². The molecule has 30 heavy (non-hydrogen) atoms. The number of piperazine rings is 1. The van der Waals surface area contributed by atoms with E-state index in [1.165, 1.54) is 12.1 Å². The van der Waals surface area contributed by atoms with Gasteiger partial charge >= 0.3 is 5.97 Å². The maximum Gasteiger partial charge on any atom is 0.365 e. The third kappa shape index (κ3) is 3.28. The fraction of sp³-hybridized carbons (Fsp3) is 0.190. The number of anilines is 1. The summed E-state index contributed by atoms with van der Waals surface area (Å²) in [5.41, 5.74) is 1.78. The van der Waals surface area contributed by atoms with Crippen LogP contribution in [0.15, 0.2) is 59.4 Å². The molecule has 3 aromatic rings. The van der Waals surface area contributed by atoms with Crippen molar-refractivity contribution in [1.82, 2.24) is 14.9 Å². The highest BCUT2D eigenvalue weighted by atomic mass is 19.2. The number of nitrogens with zero attached hydrogens (tertiary/aromatic N) is 4. The predicted molar refractivity (Wildman–Crippen MR) is 107 cm³/mol. The summed E-state index contributed by atoms with van der Waals surface area (Å²) in [7, 11) is 0. The lowest BCUT2D eigenvalue weighted by Crippen LogP contribution is -2.44. The molecule has 7 nitrogen and oxygen atoms in total. The molecule has 1 aromatic heterocycles. The van der Waals surface area contributed by atoms with E-state index in [0.29, 0.717) is 26.2 Å². The van der Waals surface area contributed by atoms with Crippen molar-refractivity contribution < 1.29 is 18.3 Å². The highest BCUT2D eigenvalue weighted by Crippen LogP contribution is 2.22. The largest absolute Gasteiger partial charge is 0.402 e. The molecule has 0 atom stereocenters. The van der Waals surface area contributed by atoms with Crippen LogP contribution in [0.3, 0.4) is 0 Å². The van der Waals surface area contributed by atoms with E-state index in [1.54, 1.807) is 6.20 Å². The molecule has 0 radical (unpaired) electrons. The van der Waals surface area contributed by atoms with Crippen LogP contribution in [0.4, 0.5) is 14.7 Å². The van der Waals surface area contributed by atoms with Gasteiger partial charge in [0, 0.05) is 32.4 Å². The lowest BCUT2D eigenvalue weighted by molar-refractivity contribution is -0.130. The average Bonchev–Trinajstić information content (AvgIpc) is 3.34. The number of ether oxygens (including phenoxy) is 1. The van der Waals surface area contributed by atoms with E-state index in [-0.39, 0.29) is 17.2 Å². The SMILES string of the molecule is O=C1OC(c2cccc(F)c2F)=NC1=CN1CCN(c2nc3ccccc3[nH]2)CC1. The molecule has 2 aromatic carbocycles. The van der Waals surface area contributed by atoms with Gasteiger partial charge in [0.2, 0.25) is 11.8 Å². The Labute approximate surface area is 170 Å². The molecule has 1 saturated heterocycles. The van der Waals surface area contributed by atoms with E-state index in [1.807, 2.05) is 29.2 Å². The number of aromatic nitrogens is 2. The van der Waals surface area contributed by atoms with Crippen molar-refractivity contribution in [2.24, 2.45) is 4.99 Å². The number of aromatic amines is 1. The van der Waals surface area contributed by atoms with E-state index in [2.05, 4.69) is 19.9 Å². The Morgan fingerprint density at radius 2 is 1.83 bits per heavy atom. The molecule has 0 saturated carbocycles. The van der Waals surface area contributed by atoms with Gasteiger partial charge in [0.05, 0.1) is 16.6 Å². The highest BCUT2D eigenvalue weighted by Gasteiger charge is 2.28. The minimum absolute atomic E-state index is 0.0610. The molecular weight excluding hydrogens is 392 g/mol. The number of nitrogens with one attached hydrogen (secondary N) is 1. The topological polar surface area (TPSA) is 73.8 Å². The van der Waals surface area contributed by atoms with E-state index in [9.17, 15) is 13.6 Å². The Bertz CT molecular complexity index is 1160. The number of benzene rings is 2. The first-order valence-corrected chi connectivity index (χ1v) is 9.49. The van der Waals surface area contributed by atoms with Crippen molar-refractivity contribution >= 4 is 28.8 Å². The number of cyclic esters (lactones) is 1. The second-order valence-electron chi connectivity index (χ2n) is 7.02. The minimum Gasteiger partial charge on any atom is -0.402 e. The number of fused-ring (bicyclic) bond motifs is 1. The summed E-state index contributed by atoms with van der Waals surface area (Å²) >= 11 is 0. The zero-order chi connectivity index (χ0) is 20.7. The minimum atomic E-state index is -1.09. The fourth-order valence-electron chi connectivity index (χ4n) is 3.51. The summed E-state index contributed by atoms with van der Waals surface area (Å²) < 4.78 is 32.4. The first kappa shape index (κ1) is 18.3. The molecule has 0 bridgehead atoms. The molecule has 3 heterocycles. The van der Waals surface area contributed by atoms with Gasteiger partial charge in [-0.05, 0) is 24.3 Å². The standard InChI is InChI=1S/C21H17F2N5O2/c22-14-5-3-4-13(18(14)23)19-24-17(20(29)30-19)12-27-8-10-28(11-9-27)21-25-15-6-1-2-7-16(15)26-21/h1-7,12H,8-11H2,(H,25,26). The zero-order valence-corrected chi connectivity index (χ0v) is 15.8. The molecule has 9 heteroatoms. The molecular formula is C21H17F2N5O2. The van der Waals surface area contributed by atoms with Crippen LogP contribution in [-0.2, 0) is 9.53 Å². The normalized spacial score (nSPS) is 18.3. The van der Waals surface area contributed by atoms with Crippen molar-refractivity contribution in [3.05, 3.63) is 71.6 Å². The quantitative estimate of drug-likeness (QED) is 0.532. The van der Waals surface area contributed by atoms with Crippen molar-refractivity contribution in [2.75, 3.05) is 31.1 Å². The van der Waals surface area contributed by atoms with Gasteiger partial charge in [0.1, 0.15) is 0 Å². The van der Waals surface area contributed by atoms with Crippen LogP contribution < -0.4 is 4.90 Å². The summed E-state index contributed by atoms with van der Waals surface area (Å²) in [6.07, 6.45) is 1.60. The molecule has 0 amide bonds. The van der Waals surface area contributed by atoms with Crippen LogP contribution in [0.2, 0.25) is 0 Å². The second-order valence-corrected chi connectivity index (χ2v) is 7.02. The Morgan fingerprint density at radius 3 is 2.63 bits per heavy atom. The number of hydrogen-bond donors (Lipinski definition) is 1. The number of aliphatic imine (C=N–C) groups is 1. The Morgan fingerprint density at radius 1 is 1.03 bits per heavy atom. The van der Waals surface area contributed by atoms with E-state index in [0.717, 1.165) is 23.0 Å². The summed E-state index contributed by atoms with van der Waals surface area (Å²) in [6, 6.07) is 11.5. The Balaban J connectivity index is 1.29. The lowest BCUT2D eigenvalue weighted by atomic mass is 10.2. The third-order valence-electron chi connectivity index (χ3n) is 5.10. The lowest BCUT2D eigenvalue weighted by Gasteiger charge is -2.33. The van der Waals surface area contributed by atoms with Gasteiger partial charge in [0.25, 0.3) is 0 Å². The number of hydrogen-bond acceptors (Lipinski definition) is 6. The van der Waals surface area contributed by atoms with Gasteiger partial charge in [-0.1, -0.05) is 18.2 Å². The van der Waals surface area contributed by atoms with Gasteiger partial charge in [-0.25, -0.2) is 23.6 Å². The maximum absolute atomic E-state index is 14.0. The fourth-order valence-corrected chi connectivity index (χ4v) is 3.51.